The molecule has 5 heteroatoms. The average Bonchev–Trinajstić information content (AvgIpc) is 1.83. The number of rotatable bonds is 0. The summed E-state index contributed by atoms with van der Waals surface area (Å²) < 4.78 is 2.92. The molecule has 0 spiro atoms. The third-order valence-electron chi connectivity index (χ3n) is 1.45. The lowest BCUT2D eigenvalue weighted by Crippen LogP contribution is -2.23. The molecule has 1 N–H and O–H groups in total. The standard InChI is InChI=1S/C7H11N3S2/c1-7(2,3)10-4-8-5(11)9-6(10)12/h4H,1-3H3,(H,9,11,12). The van der Waals surface area contributed by atoms with E-state index in [1.807, 2.05) is 4.57 Å². The maximum absolute atomic E-state index is 5.09. The van der Waals surface area contributed by atoms with E-state index in [4.69, 9.17) is 24.4 Å². The van der Waals surface area contributed by atoms with Crippen LogP contribution in [0.4, 0.5) is 0 Å². The van der Waals surface area contributed by atoms with E-state index in [1.165, 1.54) is 0 Å². The first kappa shape index (κ1) is 9.54. The van der Waals surface area contributed by atoms with Crippen molar-refractivity contribution in [1.82, 2.24) is 14.5 Å². The van der Waals surface area contributed by atoms with Crippen molar-refractivity contribution in [3.05, 3.63) is 15.9 Å². The Kier molecular flexibility index (Phi) is 2.44. The van der Waals surface area contributed by atoms with Gasteiger partial charge in [-0.3, -0.25) is 0 Å². The first-order chi connectivity index (χ1) is 5.41. The fraction of sp³-hybridized carbons (Fsp3) is 0.571. The molecule has 0 bridgehead atoms. The molecule has 0 unspecified atom stereocenters. The van der Waals surface area contributed by atoms with Gasteiger partial charge in [0.25, 0.3) is 0 Å². The molecule has 0 aliphatic carbocycles. The van der Waals surface area contributed by atoms with Crippen LogP contribution >= 0.6 is 24.4 Å². The van der Waals surface area contributed by atoms with Gasteiger partial charge in [-0.2, -0.15) is 0 Å². The maximum atomic E-state index is 5.09. The van der Waals surface area contributed by atoms with Crippen LogP contribution in [-0.4, -0.2) is 14.5 Å². The Morgan fingerprint density at radius 2 is 2.00 bits per heavy atom. The molecule has 1 heterocycles. The van der Waals surface area contributed by atoms with Crippen LogP contribution in [0.3, 0.4) is 0 Å². The van der Waals surface area contributed by atoms with Crippen LogP contribution in [-0.2, 0) is 5.54 Å². The monoisotopic (exact) mass is 201 g/mol. The Bertz CT molecular complexity index is 383. The van der Waals surface area contributed by atoms with Crippen LogP contribution in [0.2, 0.25) is 0 Å². The Morgan fingerprint density at radius 3 is 2.42 bits per heavy atom. The van der Waals surface area contributed by atoms with Gasteiger partial charge in [0, 0.05) is 5.54 Å². The van der Waals surface area contributed by atoms with Crippen molar-refractivity contribution in [2.75, 3.05) is 0 Å². The van der Waals surface area contributed by atoms with Crippen LogP contribution in [0.15, 0.2) is 6.33 Å². The molecule has 1 aromatic rings. The summed E-state index contributed by atoms with van der Waals surface area (Å²) in [7, 11) is 0. The van der Waals surface area contributed by atoms with Crippen LogP contribution in [0.5, 0.6) is 0 Å². The fourth-order valence-corrected chi connectivity index (χ4v) is 1.45. The molecule has 12 heavy (non-hydrogen) atoms. The first-order valence-electron chi connectivity index (χ1n) is 3.60. The van der Waals surface area contributed by atoms with Gasteiger partial charge in [0.15, 0.2) is 9.54 Å². The van der Waals surface area contributed by atoms with Crippen molar-refractivity contribution in [2.24, 2.45) is 0 Å². The number of nitrogens with zero attached hydrogens (tertiary/aromatic N) is 2. The van der Waals surface area contributed by atoms with Crippen molar-refractivity contribution in [1.29, 1.82) is 0 Å². The molecule has 3 nitrogen and oxygen atoms in total. The zero-order chi connectivity index (χ0) is 9.35. The van der Waals surface area contributed by atoms with E-state index in [2.05, 4.69) is 30.7 Å². The summed E-state index contributed by atoms with van der Waals surface area (Å²) >= 11 is 9.92. The highest BCUT2D eigenvalue weighted by atomic mass is 32.1. The van der Waals surface area contributed by atoms with Gasteiger partial charge in [0.1, 0.15) is 6.33 Å². The minimum Gasteiger partial charge on any atom is -0.308 e. The SMILES string of the molecule is CC(C)(C)n1cnc(=S)[nH]c1=S. The van der Waals surface area contributed by atoms with Gasteiger partial charge in [-0.15, -0.1) is 0 Å². The number of H-pyrrole nitrogens is 1. The minimum absolute atomic E-state index is 0.0520. The fourth-order valence-electron chi connectivity index (χ4n) is 0.824. The highest BCUT2D eigenvalue weighted by Gasteiger charge is 2.12. The summed E-state index contributed by atoms with van der Waals surface area (Å²) in [6.45, 7) is 6.17. The molecule has 1 rings (SSSR count). The van der Waals surface area contributed by atoms with E-state index in [0.29, 0.717) is 9.54 Å². The van der Waals surface area contributed by atoms with Gasteiger partial charge in [-0.05, 0) is 45.2 Å². The van der Waals surface area contributed by atoms with Crippen molar-refractivity contribution >= 4 is 24.4 Å². The van der Waals surface area contributed by atoms with Gasteiger partial charge in [0.05, 0.1) is 0 Å². The summed E-state index contributed by atoms with van der Waals surface area (Å²) in [6.07, 6.45) is 1.67. The third kappa shape index (κ3) is 1.98. The predicted molar refractivity (Wildman–Crippen MR) is 53.2 cm³/mol. The Balaban J connectivity index is 3.39. The third-order valence-corrected chi connectivity index (χ3v) is 1.95. The van der Waals surface area contributed by atoms with E-state index in [9.17, 15) is 0 Å². The zero-order valence-electron chi connectivity index (χ0n) is 7.29. The minimum atomic E-state index is -0.0520. The smallest absolute Gasteiger partial charge is 0.200 e. The topological polar surface area (TPSA) is 33.6 Å². The molecule has 0 aliphatic heterocycles. The van der Waals surface area contributed by atoms with E-state index in [-0.39, 0.29) is 5.54 Å². The van der Waals surface area contributed by atoms with Crippen LogP contribution in [0.1, 0.15) is 20.8 Å². The highest BCUT2D eigenvalue weighted by molar-refractivity contribution is 7.71. The number of hydrogen-bond donors (Lipinski definition) is 1. The second kappa shape index (κ2) is 3.06. The first-order valence-corrected chi connectivity index (χ1v) is 4.41. The van der Waals surface area contributed by atoms with E-state index < -0.39 is 0 Å². The lowest BCUT2D eigenvalue weighted by atomic mass is 10.1. The molecule has 1 aromatic heterocycles. The summed E-state index contributed by atoms with van der Waals surface area (Å²) in [4.78, 5) is 6.79. The van der Waals surface area contributed by atoms with Crippen molar-refractivity contribution < 1.29 is 0 Å². The Labute approximate surface area is 81.5 Å². The van der Waals surface area contributed by atoms with Crippen LogP contribution < -0.4 is 0 Å². The molecular formula is C7H11N3S2. The molecule has 66 valence electrons. The number of nitrogens with one attached hydrogen (secondary N) is 1. The Hall–Kier alpha value is -0.550. The lowest BCUT2D eigenvalue weighted by Gasteiger charge is -2.21. The number of aromatic nitrogens is 3. The van der Waals surface area contributed by atoms with E-state index in [1.54, 1.807) is 6.33 Å². The second-order valence-electron chi connectivity index (χ2n) is 3.52. The molecule has 0 aliphatic rings. The van der Waals surface area contributed by atoms with Crippen LogP contribution in [0, 0.1) is 9.54 Å². The van der Waals surface area contributed by atoms with Crippen LogP contribution in [0.25, 0.3) is 0 Å². The zero-order valence-corrected chi connectivity index (χ0v) is 8.92. The summed E-state index contributed by atoms with van der Waals surface area (Å²) in [5, 5.41) is 0. The molecule has 0 fully saturated rings. The molecule has 0 saturated heterocycles. The van der Waals surface area contributed by atoms with Gasteiger partial charge in [0.2, 0.25) is 0 Å². The van der Waals surface area contributed by atoms with Crippen molar-refractivity contribution in [3.8, 4) is 0 Å². The molecular weight excluding hydrogens is 190 g/mol. The lowest BCUT2D eigenvalue weighted by molar-refractivity contribution is 0.378. The molecule has 0 aromatic carbocycles. The number of hydrogen-bond acceptors (Lipinski definition) is 3. The Morgan fingerprint density at radius 1 is 1.42 bits per heavy atom. The van der Waals surface area contributed by atoms with Gasteiger partial charge in [-0.25, -0.2) is 4.98 Å². The summed E-state index contributed by atoms with van der Waals surface area (Å²) in [6, 6.07) is 0. The molecule has 0 radical (unpaired) electrons. The van der Waals surface area contributed by atoms with Crippen molar-refractivity contribution in [2.45, 2.75) is 26.3 Å². The largest absolute Gasteiger partial charge is 0.308 e. The summed E-state index contributed by atoms with van der Waals surface area (Å²) in [5.41, 5.74) is -0.0520. The predicted octanol–water partition coefficient (Wildman–Crippen LogP) is 2.43. The quantitative estimate of drug-likeness (QED) is 0.654. The second-order valence-corrected chi connectivity index (χ2v) is 4.29. The van der Waals surface area contributed by atoms with E-state index >= 15 is 0 Å². The molecule has 0 amide bonds. The highest BCUT2D eigenvalue weighted by Crippen LogP contribution is 2.11. The molecule has 0 atom stereocenters. The normalized spacial score (nSPS) is 11.6. The van der Waals surface area contributed by atoms with Gasteiger partial charge >= 0.3 is 0 Å². The van der Waals surface area contributed by atoms with Crippen molar-refractivity contribution in [3.63, 3.8) is 0 Å². The maximum Gasteiger partial charge on any atom is 0.200 e. The summed E-state index contributed by atoms with van der Waals surface area (Å²) in [5.74, 6) is 0. The van der Waals surface area contributed by atoms with E-state index in [0.717, 1.165) is 0 Å². The van der Waals surface area contributed by atoms with Gasteiger partial charge < -0.3 is 9.55 Å². The van der Waals surface area contributed by atoms with Gasteiger partial charge in [-0.1, -0.05) is 0 Å². The number of aromatic amines is 1. The average molecular weight is 201 g/mol. The molecule has 0 saturated carbocycles.